The van der Waals surface area contributed by atoms with Gasteiger partial charge in [0.05, 0.1) is 3.39 Å². The molecular formula is C30H16Br2Cl6O4. The topological polar surface area (TPSA) is 52.6 Å². The summed E-state index contributed by atoms with van der Waals surface area (Å²) < 4.78 is 8.51. The molecule has 0 aliphatic heterocycles. The maximum atomic E-state index is 12.1. The van der Waals surface area contributed by atoms with Gasteiger partial charge in [0.15, 0.2) is 0 Å². The Labute approximate surface area is 288 Å². The Kier molecular flexibility index (Phi) is 11.0. The van der Waals surface area contributed by atoms with Gasteiger partial charge in [-0.1, -0.05) is 93.9 Å². The minimum atomic E-state index is -2.02. The second-order valence-electron chi connectivity index (χ2n) is 8.59. The number of carbonyl (C=O) groups excluding carboxylic acids is 2. The highest BCUT2D eigenvalue weighted by Crippen LogP contribution is 2.37. The van der Waals surface area contributed by atoms with Gasteiger partial charge in [0, 0.05) is 16.7 Å². The van der Waals surface area contributed by atoms with Crippen LogP contribution in [0.25, 0.3) is 5.57 Å². The number of carbonyl (C=O) groups is 2. The molecule has 0 amide bonds. The van der Waals surface area contributed by atoms with Crippen molar-refractivity contribution in [2.45, 2.75) is 7.59 Å². The van der Waals surface area contributed by atoms with Gasteiger partial charge in [-0.25, -0.2) is 0 Å². The fourth-order valence-corrected chi connectivity index (χ4v) is 5.28. The number of ketones is 2. The molecule has 0 radical (unpaired) electrons. The summed E-state index contributed by atoms with van der Waals surface area (Å²) in [7, 11) is 0. The molecule has 12 heteroatoms. The van der Waals surface area contributed by atoms with E-state index in [2.05, 4.69) is 31.9 Å². The van der Waals surface area contributed by atoms with Crippen molar-refractivity contribution in [2.24, 2.45) is 0 Å². The lowest BCUT2D eigenvalue weighted by Crippen LogP contribution is -2.18. The highest BCUT2D eigenvalue weighted by atomic mass is 79.9. The van der Waals surface area contributed by atoms with Crippen molar-refractivity contribution in [3.05, 3.63) is 123 Å². The number of ether oxygens (including phenoxy) is 2. The zero-order valence-corrected chi connectivity index (χ0v) is 28.6. The molecule has 4 rings (SSSR count). The van der Waals surface area contributed by atoms with Crippen molar-refractivity contribution in [2.75, 3.05) is 0 Å². The number of benzene rings is 4. The third-order valence-corrected chi connectivity index (χ3v) is 7.52. The van der Waals surface area contributed by atoms with Gasteiger partial charge in [-0.05, 0) is 116 Å². The smallest absolute Gasteiger partial charge is 0.253 e. The van der Waals surface area contributed by atoms with Crippen molar-refractivity contribution in [3.8, 4) is 23.0 Å². The summed E-state index contributed by atoms with van der Waals surface area (Å²) in [6, 6.07) is 27.6. The molecule has 0 aromatic heterocycles. The molecule has 0 aliphatic carbocycles. The Morgan fingerprint density at radius 1 is 0.452 bits per heavy atom. The van der Waals surface area contributed by atoms with E-state index in [9.17, 15) is 9.59 Å². The number of Topliss-reactive ketones (excluding diaryl/α,β-unsaturated/α-hetero) is 2. The number of hydrogen-bond acceptors (Lipinski definition) is 4. The lowest BCUT2D eigenvalue weighted by atomic mass is 9.99. The van der Waals surface area contributed by atoms with Crippen LogP contribution in [-0.2, 0) is 0 Å². The van der Waals surface area contributed by atoms with Gasteiger partial charge in [0.1, 0.15) is 23.0 Å². The van der Waals surface area contributed by atoms with Gasteiger partial charge in [-0.15, -0.1) is 0 Å². The van der Waals surface area contributed by atoms with Crippen molar-refractivity contribution in [1.82, 2.24) is 0 Å². The molecule has 0 N–H and O–H groups in total. The van der Waals surface area contributed by atoms with Gasteiger partial charge in [0.2, 0.25) is 11.6 Å². The molecule has 216 valence electrons. The van der Waals surface area contributed by atoms with Crippen LogP contribution in [0.15, 0.2) is 100 Å². The molecule has 4 aromatic carbocycles. The monoisotopic (exact) mass is 808 g/mol. The maximum Gasteiger partial charge on any atom is 0.253 e. The number of alkyl halides is 6. The molecule has 0 atom stereocenters. The van der Waals surface area contributed by atoms with Crippen LogP contribution < -0.4 is 9.47 Å². The number of hydrogen-bond donors (Lipinski definition) is 0. The summed E-state index contributed by atoms with van der Waals surface area (Å²) in [5.74, 6) is 0.982. The molecule has 0 unspecified atom stereocenters. The van der Waals surface area contributed by atoms with E-state index < -0.39 is 19.2 Å². The average molecular weight is 813 g/mol. The molecule has 0 heterocycles. The van der Waals surface area contributed by atoms with E-state index in [0.717, 1.165) is 20.1 Å². The van der Waals surface area contributed by atoms with Crippen molar-refractivity contribution in [1.29, 1.82) is 0 Å². The second-order valence-corrected chi connectivity index (χ2v) is 15.8. The Balaban J connectivity index is 1.44. The average Bonchev–Trinajstić information content (AvgIpc) is 2.94. The van der Waals surface area contributed by atoms with Crippen molar-refractivity contribution < 1.29 is 19.1 Å². The minimum Gasteiger partial charge on any atom is -0.457 e. The SMILES string of the molecule is O=C(c1ccc(Oc2ccc(C(=C(Br)Br)c3ccc(Oc4ccc(C(=O)C(Cl)(Cl)Cl)cc4)cc3)cc2)cc1)C(Cl)(Cl)Cl. The lowest BCUT2D eigenvalue weighted by Gasteiger charge is -2.13. The standard InChI is InChI=1S/C30H16Br2Cl6O4/c31-28(32)25(17-1-9-21(10-2-17)41-23-13-5-19(6-14-23)26(39)29(33,34)35)18-3-11-22(12-4-18)42-24-15-7-20(8-16-24)27(40)30(36,37)38/h1-16H. The molecule has 0 bridgehead atoms. The largest absolute Gasteiger partial charge is 0.457 e. The Morgan fingerprint density at radius 2 is 0.690 bits per heavy atom. The van der Waals surface area contributed by atoms with Crippen LogP contribution in [0.2, 0.25) is 0 Å². The first-order valence-corrected chi connectivity index (χ1v) is 15.6. The van der Waals surface area contributed by atoms with Crippen molar-refractivity contribution in [3.63, 3.8) is 0 Å². The molecule has 42 heavy (non-hydrogen) atoms. The molecule has 4 nitrogen and oxygen atoms in total. The van der Waals surface area contributed by atoms with Crippen molar-refractivity contribution >= 4 is 119 Å². The molecular weight excluding hydrogens is 797 g/mol. The fraction of sp³-hybridized carbons (Fsp3) is 0.0667. The van der Waals surface area contributed by atoms with Crippen LogP contribution in [0.3, 0.4) is 0 Å². The molecule has 0 fully saturated rings. The highest BCUT2D eigenvalue weighted by molar-refractivity contribution is 9.28. The summed E-state index contributed by atoms with van der Waals surface area (Å²) in [6.45, 7) is 0. The van der Waals surface area contributed by atoms with E-state index in [4.69, 9.17) is 79.1 Å². The van der Waals surface area contributed by atoms with E-state index in [1.165, 1.54) is 24.3 Å². The molecule has 0 saturated heterocycles. The van der Waals surface area contributed by atoms with Gasteiger partial charge < -0.3 is 9.47 Å². The van der Waals surface area contributed by atoms with Gasteiger partial charge in [-0.2, -0.15) is 0 Å². The van der Waals surface area contributed by atoms with Crippen LogP contribution in [0, 0.1) is 0 Å². The summed E-state index contributed by atoms with van der Waals surface area (Å²) in [6.07, 6.45) is 0. The minimum absolute atomic E-state index is 0.262. The highest BCUT2D eigenvalue weighted by Gasteiger charge is 2.32. The summed E-state index contributed by atoms with van der Waals surface area (Å²) in [4.78, 5) is 24.2. The second kappa shape index (κ2) is 13.9. The van der Waals surface area contributed by atoms with E-state index in [-0.39, 0.29) is 11.1 Å². The van der Waals surface area contributed by atoms with Crippen LogP contribution >= 0.6 is 101 Å². The lowest BCUT2D eigenvalue weighted by molar-refractivity contribution is 0.0988. The predicted octanol–water partition coefficient (Wildman–Crippen LogP) is 11.9. The zero-order valence-electron chi connectivity index (χ0n) is 20.9. The predicted molar refractivity (Wildman–Crippen MR) is 179 cm³/mol. The van der Waals surface area contributed by atoms with Gasteiger partial charge in [-0.3, -0.25) is 9.59 Å². The third kappa shape index (κ3) is 8.67. The molecule has 0 aliphatic rings. The first-order valence-electron chi connectivity index (χ1n) is 11.8. The van der Waals surface area contributed by atoms with Crippen LogP contribution in [-0.4, -0.2) is 19.2 Å². The van der Waals surface area contributed by atoms with E-state index in [1.54, 1.807) is 24.3 Å². The first kappa shape index (κ1) is 33.2. The molecule has 0 saturated carbocycles. The summed E-state index contributed by atoms with van der Waals surface area (Å²) in [5.41, 5.74) is 3.25. The Hall–Kier alpha value is -1.74. The van der Waals surface area contributed by atoms with E-state index in [1.807, 2.05) is 48.5 Å². The third-order valence-electron chi connectivity index (χ3n) is 5.69. The van der Waals surface area contributed by atoms with Gasteiger partial charge >= 0.3 is 0 Å². The fourth-order valence-electron chi connectivity index (χ4n) is 3.71. The Bertz CT molecular complexity index is 1490. The van der Waals surface area contributed by atoms with E-state index >= 15 is 0 Å². The summed E-state index contributed by atoms with van der Waals surface area (Å²) in [5, 5.41) is 0. The molecule has 0 spiro atoms. The Morgan fingerprint density at radius 3 is 0.905 bits per heavy atom. The number of halogens is 8. The number of rotatable bonds is 8. The zero-order chi connectivity index (χ0) is 30.7. The van der Waals surface area contributed by atoms with Crippen LogP contribution in [0.5, 0.6) is 23.0 Å². The van der Waals surface area contributed by atoms with Crippen LogP contribution in [0.1, 0.15) is 31.8 Å². The van der Waals surface area contributed by atoms with Gasteiger partial charge in [0.25, 0.3) is 7.59 Å². The quantitative estimate of drug-likeness (QED) is 0.131. The van der Waals surface area contributed by atoms with Crippen LogP contribution in [0.4, 0.5) is 0 Å². The normalized spacial score (nSPS) is 11.5. The summed E-state index contributed by atoms with van der Waals surface area (Å²) >= 11 is 41.1. The van der Waals surface area contributed by atoms with E-state index in [0.29, 0.717) is 23.0 Å². The maximum absolute atomic E-state index is 12.1. The molecule has 4 aromatic rings. The first-order chi connectivity index (χ1) is 19.7.